The van der Waals surface area contributed by atoms with Gasteiger partial charge in [-0.25, -0.2) is 13.1 Å². The van der Waals surface area contributed by atoms with Crippen LogP contribution in [-0.4, -0.2) is 61.0 Å². The van der Waals surface area contributed by atoms with E-state index in [9.17, 15) is 13.2 Å². The van der Waals surface area contributed by atoms with Gasteiger partial charge in [0.25, 0.3) is 5.56 Å². The summed E-state index contributed by atoms with van der Waals surface area (Å²) in [5.74, 6) is -0.00104. The minimum atomic E-state index is -3.23. The molecular weight excluding hydrogens is 502 g/mol. The zero-order valence-electron chi connectivity index (χ0n) is 20.0. The minimum absolute atomic E-state index is 0.00104. The highest BCUT2D eigenvalue weighted by Gasteiger charge is 2.37. The van der Waals surface area contributed by atoms with Gasteiger partial charge < -0.3 is 15.0 Å². The van der Waals surface area contributed by atoms with Crippen molar-refractivity contribution in [3.05, 3.63) is 51.4 Å². The molecule has 1 unspecified atom stereocenters. The second-order valence-electron chi connectivity index (χ2n) is 9.83. The quantitative estimate of drug-likeness (QED) is 0.579. The molecule has 2 heterocycles. The Morgan fingerprint density at radius 2 is 1.81 bits per heavy atom. The molecule has 1 aromatic heterocycles. The zero-order valence-corrected chi connectivity index (χ0v) is 21.5. The van der Waals surface area contributed by atoms with Crippen LogP contribution in [0.5, 0.6) is 0 Å². The van der Waals surface area contributed by atoms with Gasteiger partial charge in [0.15, 0.2) is 9.84 Å². The third-order valence-corrected chi connectivity index (χ3v) is 9.85. The smallest absolute Gasteiger partial charge is 0.287 e. The largest absolute Gasteiger partial charge is 0.381 e. The van der Waals surface area contributed by atoms with E-state index in [0.29, 0.717) is 23.3 Å². The normalized spacial score (nSPS) is 25.6. The van der Waals surface area contributed by atoms with E-state index in [0.717, 1.165) is 31.4 Å². The Morgan fingerprint density at radius 1 is 1.14 bits per heavy atom. The molecular formula is C25H30ClN5O4S. The van der Waals surface area contributed by atoms with Crippen molar-refractivity contribution in [2.75, 3.05) is 35.7 Å². The summed E-state index contributed by atoms with van der Waals surface area (Å²) in [7, 11) is -3.23. The predicted octanol–water partition coefficient (Wildman–Crippen LogP) is 3.15. The van der Waals surface area contributed by atoms with Crippen LogP contribution in [-0.2, 0) is 14.6 Å². The van der Waals surface area contributed by atoms with Crippen LogP contribution >= 0.6 is 11.6 Å². The first-order valence-corrected chi connectivity index (χ1v) is 14.6. The van der Waals surface area contributed by atoms with Crippen LogP contribution < -0.4 is 15.8 Å². The van der Waals surface area contributed by atoms with E-state index >= 15 is 0 Å². The van der Waals surface area contributed by atoms with E-state index in [1.165, 1.54) is 23.7 Å². The number of nitrogens with zero attached hydrogens (tertiary/aromatic N) is 4. The summed E-state index contributed by atoms with van der Waals surface area (Å²) in [6, 6.07) is 10.9. The number of halogens is 1. The maximum absolute atomic E-state index is 13.0. The van der Waals surface area contributed by atoms with E-state index in [-0.39, 0.29) is 42.1 Å². The van der Waals surface area contributed by atoms with E-state index in [1.54, 1.807) is 0 Å². The van der Waals surface area contributed by atoms with Gasteiger partial charge >= 0.3 is 0 Å². The van der Waals surface area contributed by atoms with Gasteiger partial charge in [-0.15, -0.1) is 0 Å². The average Bonchev–Trinajstić information content (AvgIpc) is 3.72. The van der Waals surface area contributed by atoms with E-state index in [1.807, 2.05) is 24.3 Å². The SMILES string of the molecule is N#Cc1ccc(N(C2CC2)[C@H]2CC[C@@H](n3ncc(NCC4COCCS4(=O)=O)c(Cl)c3=O)CC2)cc1. The second kappa shape index (κ2) is 10.4. The van der Waals surface area contributed by atoms with Gasteiger partial charge in [0, 0.05) is 24.3 Å². The van der Waals surface area contributed by atoms with Crippen LogP contribution in [0.15, 0.2) is 35.3 Å². The van der Waals surface area contributed by atoms with Crippen molar-refractivity contribution in [1.29, 1.82) is 5.26 Å². The van der Waals surface area contributed by atoms with Gasteiger partial charge in [-0.1, -0.05) is 11.6 Å². The Hall–Kier alpha value is -2.61. The monoisotopic (exact) mass is 531 g/mol. The van der Waals surface area contributed by atoms with Gasteiger partial charge in [0.1, 0.15) is 10.3 Å². The highest BCUT2D eigenvalue weighted by Crippen LogP contribution is 2.39. The standard InChI is InChI=1S/C25H30ClN5O4S/c26-24-23(28-14-22-16-35-11-12-36(22,33)34)15-29-31(25(24)32)21-9-7-20(8-10-21)30(19-5-6-19)18-3-1-17(13-27)2-4-18/h1-4,15,19-22,28H,5-12,14,16H2/t20-,21+,22?. The fourth-order valence-corrected chi connectivity index (χ4v) is 6.79. The molecule has 3 fully saturated rings. The Kier molecular flexibility index (Phi) is 7.24. The molecule has 2 aromatic rings. The number of ether oxygens (including phenoxy) is 1. The second-order valence-corrected chi connectivity index (χ2v) is 12.6. The lowest BCUT2D eigenvalue weighted by Crippen LogP contribution is -2.42. The highest BCUT2D eigenvalue weighted by molar-refractivity contribution is 7.92. The maximum atomic E-state index is 13.0. The third kappa shape index (κ3) is 5.24. The molecule has 0 amide bonds. The van der Waals surface area contributed by atoms with E-state index in [2.05, 4.69) is 21.4 Å². The van der Waals surface area contributed by atoms with Crippen molar-refractivity contribution in [3.63, 3.8) is 0 Å². The summed E-state index contributed by atoms with van der Waals surface area (Å²) in [5, 5.41) is 15.8. The molecule has 1 N–H and O–H groups in total. The fraction of sp³-hybridized carbons (Fsp3) is 0.560. The lowest BCUT2D eigenvalue weighted by Gasteiger charge is -2.39. The molecule has 0 bridgehead atoms. The molecule has 36 heavy (non-hydrogen) atoms. The Balaban J connectivity index is 1.24. The summed E-state index contributed by atoms with van der Waals surface area (Å²) in [6.45, 7) is 0.455. The van der Waals surface area contributed by atoms with Crippen molar-refractivity contribution >= 4 is 32.8 Å². The lowest BCUT2D eigenvalue weighted by molar-refractivity contribution is 0.140. The molecule has 0 spiro atoms. The van der Waals surface area contributed by atoms with Crippen molar-refractivity contribution in [2.24, 2.45) is 0 Å². The molecule has 1 atom stereocenters. The number of hydrogen-bond donors (Lipinski definition) is 1. The predicted molar refractivity (Wildman–Crippen MR) is 138 cm³/mol. The van der Waals surface area contributed by atoms with Crippen LogP contribution in [0.1, 0.15) is 50.1 Å². The number of aromatic nitrogens is 2. The number of rotatable bonds is 7. The molecule has 5 rings (SSSR count). The maximum Gasteiger partial charge on any atom is 0.287 e. The van der Waals surface area contributed by atoms with Gasteiger partial charge in [-0.3, -0.25) is 4.79 Å². The van der Waals surface area contributed by atoms with Crippen molar-refractivity contribution in [1.82, 2.24) is 9.78 Å². The highest BCUT2D eigenvalue weighted by atomic mass is 35.5. The summed E-state index contributed by atoms with van der Waals surface area (Å²) in [5.41, 5.74) is 1.79. The summed E-state index contributed by atoms with van der Waals surface area (Å²) < 4.78 is 31.2. The number of benzene rings is 1. The molecule has 192 valence electrons. The zero-order chi connectivity index (χ0) is 25.3. The number of nitrogens with one attached hydrogen (secondary N) is 1. The van der Waals surface area contributed by atoms with Gasteiger partial charge in [-0.2, -0.15) is 10.4 Å². The fourth-order valence-electron chi connectivity index (χ4n) is 5.26. The van der Waals surface area contributed by atoms with Crippen molar-refractivity contribution < 1.29 is 13.2 Å². The molecule has 2 aliphatic carbocycles. The molecule has 3 aliphatic rings. The van der Waals surface area contributed by atoms with Crippen LogP contribution in [0.3, 0.4) is 0 Å². The Labute approximate surface area is 215 Å². The Bertz CT molecular complexity index is 1300. The first kappa shape index (κ1) is 25.1. The van der Waals surface area contributed by atoms with E-state index in [4.69, 9.17) is 21.6 Å². The number of sulfone groups is 1. The van der Waals surface area contributed by atoms with Crippen molar-refractivity contribution in [2.45, 2.75) is 61.9 Å². The Morgan fingerprint density at radius 3 is 2.42 bits per heavy atom. The summed E-state index contributed by atoms with van der Waals surface area (Å²) in [6.07, 6.45) is 7.38. The average molecular weight is 532 g/mol. The molecule has 0 radical (unpaired) electrons. The molecule has 9 nitrogen and oxygen atoms in total. The summed E-state index contributed by atoms with van der Waals surface area (Å²) >= 11 is 6.39. The minimum Gasteiger partial charge on any atom is -0.381 e. The molecule has 1 aromatic carbocycles. The molecule has 11 heteroatoms. The van der Waals surface area contributed by atoms with Crippen molar-refractivity contribution in [3.8, 4) is 6.07 Å². The van der Waals surface area contributed by atoms with Crippen LogP contribution in [0.2, 0.25) is 5.02 Å². The van der Waals surface area contributed by atoms with Gasteiger partial charge in [0.2, 0.25) is 0 Å². The number of anilines is 2. The van der Waals surface area contributed by atoms with Crippen LogP contribution in [0, 0.1) is 11.3 Å². The number of nitriles is 1. The molecule has 2 saturated carbocycles. The molecule has 1 saturated heterocycles. The summed E-state index contributed by atoms with van der Waals surface area (Å²) in [4.78, 5) is 15.5. The lowest BCUT2D eigenvalue weighted by atomic mass is 9.89. The first-order chi connectivity index (χ1) is 17.4. The van der Waals surface area contributed by atoms with Gasteiger partial charge in [-0.05, 0) is 62.8 Å². The molecule has 1 aliphatic heterocycles. The van der Waals surface area contributed by atoms with Crippen LogP contribution in [0.4, 0.5) is 11.4 Å². The first-order valence-electron chi connectivity index (χ1n) is 12.5. The topological polar surface area (TPSA) is 117 Å². The third-order valence-electron chi connectivity index (χ3n) is 7.43. The van der Waals surface area contributed by atoms with E-state index < -0.39 is 15.1 Å². The van der Waals surface area contributed by atoms with Crippen LogP contribution in [0.25, 0.3) is 0 Å². The van der Waals surface area contributed by atoms with Gasteiger partial charge in [0.05, 0.1) is 48.5 Å². The number of hydrogen-bond acceptors (Lipinski definition) is 8.